The van der Waals surface area contributed by atoms with Crippen LogP contribution >= 0.6 is 0 Å². The van der Waals surface area contributed by atoms with E-state index in [2.05, 4.69) is 15.3 Å². The van der Waals surface area contributed by atoms with Gasteiger partial charge in [-0.3, -0.25) is 4.79 Å². The minimum Gasteiger partial charge on any atom is -0.399 e. The predicted octanol–water partition coefficient (Wildman–Crippen LogP) is 3.14. The third kappa shape index (κ3) is 2.92. The summed E-state index contributed by atoms with van der Waals surface area (Å²) in [7, 11) is 1.76. The number of hydrogen-bond donors (Lipinski definition) is 2. The molecule has 1 fully saturated rings. The van der Waals surface area contributed by atoms with Crippen LogP contribution < -0.4 is 16.6 Å². The number of nitrogens with zero attached hydrogens (tertiary/aromatic N) is 3. The summed E-state index contributed by atoms with van der Waals surface area (Å²) < 4.78 is 1.62. The summed E-state index contributed by atoms with van der Waals surface area (Å²) in [5.41, 5.74) is 8.77. The van der Waals surface area contributed by atoms with E-state index in [4.69, 9.17) is 5.73 Å². The Bertz CT molecular complexity index is 1030. The van der Waals surface area contributed by atoms with Gasteiger partial charge in [-0.25, -0.2) is 9.97 Å². The van der Waals surface area contributed by atoms with Gasteiger partial charge in [0.1, 0.15) is 0 Å². The van der Waals surface area contributed by atoms with Crippen LogP contribution in [0.15, 0.2) is 41.5 Å². The van der Waals surface area contributed by atoms with Crippen molar-refractivity contribution in [2.24, 2.45) is 7.05 Å². The molecule has 134 valence electrons. The maximum absolute atomic E-state index is 12.3. The second kappa shape index (κ2) is 5.83. The highest BCUT2D eigenvalue weighted by atomic mass is 16.1. The molecule has 0 radical (unpaired) electrons. The molecule has 2 aromatic heterocycles. The molecule has 1 aromatic carbocycles. The monoisotopic (exact) mass is 349 g/mol. The molecule has 26 heavy (non-hydrogen) atoms. The molecule has 6 nitrogen and oxygen atoms in total. The van der Waals surface area contributed by atoms with Crippen LogP contribution in [0.3, 0.4) is 0 Å². The minimum atomic E-state index is -0.536. The summed E-state index contributed by atoms with van der Waals surface area (Å²) in [6.07, 6.45) is 6.29. The molecule has 3 N–H and O–H groups in total. The van der Waals surface area contributed by atoms with Gasteiger partial charge < -0.3 is 15.6 Å². The molecule has 2 heterocycles. The quantitative estimate of drug-likeness (QED) is 0.707. The molecule has 0 aliphatic heterocycles. The molecule has 0 atom stereocenters. The smallest absolute Gasteiger partial charge is 0.252 e. The molecule has 3 aromatic rings. The Morgan fingerprint density at radius 2 is 1.88 bits per heavy atom. The fourth-order valence-electron chi connectivity index (χ4n) is 3.26. The maximum atomic E-state index is 12.3. The summed E-state index contributed by atoms with van der Waals surface area (Å²) in [6, 6.07) is 7.15. The summed E-state index contributed by atoms with van der Waals surface area (Å²) in [6.45, 7) is 4.02. The first-order valence-electron chi connectivity index (χ1n) is 8.85. The van der Waals surface area contributed by atoms with Crippen molar-refractivity contribution in [2.75, 3.05) is 11.1 Å². The number of pyridine rings is 1. The Hall–Kier alpha value is -2.89. The molecule has 0 unspecified atom stereocenters. The normalized spacial score (nSPS) is 14.6. The third-order valence-corrected chi connectivity index (χ3v) is 5.00. The number of anilines is 2. The molecule has 0 spiro atoms. The van der Waals surface area contributed by atoms with Crippen LogP contribution in [0.2, 0.25) is 0 Å². The number of rotatable bonds is 4. The van der Waals surface area contributed by atoms with E-state index < -0.39 is 5.54 Å². The van der Waals surface area contributed by atoms with Crippen molar-refractivity contribution in [1.82, 2.24) is 14.5 Å². The summed E-state index contributed by atoms with van der Waals surface area (Å²) >= 11 is 0. The molecule has 1 saturated carbocycles. The van der Waals surface area contributed by atoms with Gasteiger partial charge in [0, 0.05) is 42.3 Å². The first-order valence-corrected chi connectivity index (χ1v) is 8.85. The van der Waals surface area contributed by atoms with E-state index >= 15 is 0 Å². The zero-order valence-electron chi connectivity index (χ0n) is 15.3. The van der Waals surface area contributed by atoms with Gasteiger partial charge in [-0.2, -0.15) is 0 Å². The highest BCUT2D eigenvalue weighted by Crippen LogP contribution is 2.39. The second-order valence-electron chi connectivity index (χ2n) is 7.60. The molecule has 1 aliphatic carbocycles. The fourth-order valence-corrected chi connectivity index (χ4v) is 3.26. The van der Waals surface area contributed by atoms with E-state index in [1.54, 1.807) is 23.7 Å². The van der Waals surface area contributed by atoms with Gasteiger partial charge in [0.25, 0.3) is 5.56 Å². The van der Waals surface area contributed by atoms with Gasteiger partial charge in [0.05, 0.1) is 11.1 Å². The van der Waals surface area contributed by atoms with E-state index in [0.29, 0.717) is 17.4 Å². The van der Waals surface area contributed by atoms with Crippen molar-refractivity contribution in [3.63, 3.8) is 0 Å². The number of benzene rings is 1. The third-order valence-electron chi connectivity index (χ3n) is 5.00. The van der Waals surface area contributed by atoms with Gasteiger partial charge in [-0.05, 0) is 56.4 Å². The van der Waals surface area contributed by atoms with Crippen molar-refractivity contribution < 1.29 is 0 Å². The fraction of sp³-hybridized carbons (Fsp3) is 0.350. The molecule has 0 saturated heterocycles. The summed E-state index contributed by atoms with van der Waals surface area (Å²) in [5, 5.41) is 4.34. The molecular formula is C20H23N5O. The van der Waals surface area contributed by atoms with Crippen molar-refractivity contribution in [2.45, 2.75) is 38.1 Å². The van der Waals surface area contributed by atoms with Crippen LogP contribution in [0.25, 0.3) is 10.9 Å². The molecule has 0 amide bonds. The van der Waals surface area contributed by atoms with Crippen molar-refractivity contribution >= 4 is 22.3 Å². The van der Waals surface area contributed by atoms with Crippen LogP contribution in [-0.2, 0) is 12.6 Å². The first kappa shape index (κ1) is 16.6. The zero-order valence-corrected chi connectivity index (χ0v) is 15.3. The van der Waals surface area contributed by atoms with Crippen molar-refractivity contribution in [3.05, 3.63) is 58.4 Å². The largest absolute Gasteiger partial charge is 0.399 e. The van der Waals surface area contributed by atoms with E-state index in [-0.39, 0.29) is 5.56 Å². The minimum absolute atomic E-state index is 0.0782. The predicted molar refractivity (Wildman–Crippen MR) is 104 cm³/mol. The number of nitrogens with two attached hydrogens (primary N) is 1. The molecular weight excluding hydrogens is 326 g/mol. The van der Waals surface area contributed by atoms with Crippen LogP contribution in [0.1, 0.15) is 44.0 Å². The average molecular weight is 349 g/mol. The van der Waals surface area contributed by atoms with Crippen LogP contribution in [-0.4, -0.2) is 14.5 Å². The van der Waals surface area contributed by atoms with Gasteiger partial charge in [0.15, 0.2) is 5.82 Å². The van der Waals surface area contributed by atoms with Crippen LogP contribution in [0, 0.1) is 0 Å². The van der Waals surface area contributed by atoms with Crippen LogP contribution in [0.5, 0.6) is 0 Å². The lowest BCUT2D eigenvalue weighted by atomic mass is 10.0. The first-order chi connectivity index (χ1) is 12.3. The van der Waals surface area contributed by atoms with E-state index in [0.717, 1.165) is 16.6 Å². The number of aryl methyl sites for hydroxylation is 1. The molecule has 1 aliphatic rings. The number of nitrogens with one attached hydrogen (secondary N) is 1. The Labute approximate surface area is 152 Å². The number of aromatic nitrogens is 3. The average Bonchev–Trinajstić information content (AvgIpc) is 3.44. The van der Waals surface area contributed by atoms with E-state index in [1.807, 2.05) is 38.4 Å². The highest BCUT2D eigenvalue weighted by Gasteiger charge is 2.28. The van der Waals surface area contributed by atoms with Gasteiger partial charge in [0.2, 0.25) is 0 Å². The van der Waals surface area contributed by atoms with Crippen molar-refractivity contribution in [3.8, 4) is 0 Å². The number of hydrogen-bond acceptors (Lipinski definition) is 5. The van der Waals surface area contributed by atoms with Gasteiger partial charge >= 0.3 is 0 Å². The Balaban J connectivity index is 1.74. The van der Waals surface area contributed by atoms with E-state index in [1.165, 1.54) is 18.4 Å². The summed E-state index contributed by atoms with van der Waals surface area (Å²) in [5.74, 6) is 1.32. The Morgan fingerprint density at radius 1 is 1.19 bits per heavy atom. The molecule has 0 bridgehead atoms. The van der Waals surface area contributed by atoms with E-state index in [9.17, 15) is 4.79 Å². The SMILES string of the molecule is Cn1c(=O)cc(NC(C)(C)c2ncc(C3CC3)cn2)c2cc(N)ccc21. The molecule has 6 heteroatoms. The number of fused-ring (bicyclic) bond motifs is 1. The van der Waals surface area contributed by atoms with Crippen LogP contribution in [0.4, 0.5) is 11.4 Å². The Morgan fingerprint density at radius 3 is 2.54 bits per heavy atom. The lowest BCUT2D eigenvalue weighted by Crippen LogP contribution is -2.31. The number of nitrogen functional groups attached to an aromatic ring is 1. The standard InChI is InChI=1S/C20H23N5O/c1-20(2,19-22-10-13(11-23-19)12-4-5-12)24-16-9-18(26)25(3)17-7-6-14(21)8-15(16)17/h6-12,24H,4-5,21H2,1-3H3. The molecule has 4 rings (SSSR count). The van der Waals surface area contributed by atoms with Gasteiger partial charge in [-0.15, -0.1) is 0 Å². The maximum Gasteiger partial charge on any atom is 0.252 e. The lowest BCUT2D eigenvalue weighted by Gasteiger charge is -2.27. The second-order valence-corrected chi connectivity index (χ2v) is 7.60. The Kier molecular flexibility index (Phi) is 3.72. The highest BCUT2D eigenvalue weighted by molar-refractivity contribution is 5.93. The van der Waals surface area contributed by atoms with Crippen molar-refractivity contribution in [1.29, 1.82) is 0 Å². The lowest BCUT2D eigenvalue weighted by molar-refractivity contribution is 0.561. The topological polar surface area (TPSA) is 85.8 Å². The zero-order chi connectivity index (χ0) is 18.5. The summed E-state index contributed by atoms with van der Waals surface area (Å²) in [4.78, 5) is 21.5. The van der Waals surface area contributed by atoms with Gasteiger partial charge in [-0.1, -0.05) is 0 Å².